The summed E-state index contributed by atoms with van der Waals surface area (Å²) in [5, 5.41) is 1.24. The first-order valence-corrected chi connectivity index (χ1v) is 4.55. The van der Waals surface area contributed by atoms with Crippen LogP contribution in [-0.4, -0.2) is 25.3 Å². The molecular formula is C6H11NO2S. The van der Waals surface area contributed by atoms with Gasteiger partial charge in [0, 0.05) is 18.0 Å². The van der Waals surface area contributed by atoms with Crippen molar-refractivity contribution in [1.29, 1.82) is 0 Å². The number of rotatable bonds is 0. The highest BCUT2D eigenvalue weighted by atomic mass is 32.2. The predicted octanol–water partition coefficient (Wildman–Crippen LogP) is 0.554. The average Bonchev–Trinajstić information content (AvgIpc) is 1.95. The molecule has 0 amide bonds. The van der Waals surface area contributed by atoms with Crippen molar-refractivity contribution < 1.29 is 8.42 Å². The lowest BCUT2D eigenvalue weighted by Crippen LogP contribution is -2.37. The summed E-state index contributed by atoms with van der Waals surface area (Å²) < 4.78 is 23.4. The molecule has 0 bridgehead atoms. The molecule has 0 saturated carbocycles. The topological polar surface area (TPSA) is 37.4 Å². The molecule has 0 aromatic heterocycles. The summed E-state index contributed by atoms with van der Waals surface area (Å²) in [4.78, 5) is 0. The number of nitrogens with zero attached hydrogens (tertiary/aromatic N) is 1. The van der Waals surface area contributed by atoms with E-state index in [1.807, 2.05) is 13.8 Å². The normalized spacial score (nSPS) is 29.1. The van der Waals surface area contributed by atoms with Crippen LogP contribution in [0.15, 0.2) is 11.5 Å². The summed E-state index contributed by atoms with van der Waals surface area (Å²) in [7, 11) is -1.50. The van der Waals surface area contributed by atoms with Crippen molar-refractivity contribution in [3.63, 3.8) is 0 Å². The summed E-state index contributed by atoms with van der Waals surface area (Å²) in [6.07, 6.45) is 1.68. The molecule has 58 valence electrons. The molecule has 1 aliphatic heterocycles. The third-order valence-corrected chi connectivity index (χ3v) is 3.56. The molecule has 0 aliphatic carbocycles. The lowest BCUT2D eigenvalue weighted by molar-refractivity contribution is 0.343. The molecule has 0 aromatic carbocycles. The van der Waals surface area contributed by atoms with Crippen LogP contribution < -0.4 is 0 Å². The Morgan fingerprint density at radius 1 is 1.40 bits per heavy atom. The minimum atomic E-state index is -3.08. The molecular weight excluding hydrogens is 150 g/mol. The van der Waals surface area contributed by atoms with E-state index in [0.29, 0.717) is 0 Å². The second-order valence-corrected chi connectivity index (χ2v) is 4.82. The summed E-state index contributed by atoms with van der Waals surface area (Å²) in [5.74, 6) is 0. The molecule has 1 heterocycles. The van der Waals surface area contributed by atoms with Crippen molar-refractivity contribution in [3.8, 4) is 0 Å². The van der Waals surface area contributed by atoms with Gasteiger partial charge in [-0.15, -0.1) is 0 Å². The fourth-order valence-corrected chi connectivity index (χ4v) is 2.18. The van der Waals surface area contributed by atoms with Crippen molar-refractivity contribution >= 4 is 10.0 Å². The third kappa shape index (κ3) is 0.973. The number of likely N-dealkylation sites (N-methyl/N-ethyl adjacent to an activating group) is 1. The van der Waals surface area contributed by atoms with Crippen molar-refractivity contribution in [2.45, 2.75) is 19.4 Å². The van der Waals surface area contributed by atoms with Gasteiger partial charge in [0.25, 0.3) is 0 Å². The van der Waals surface area contributed by atoms with Gasteiger partial charge in [-0.1, -0.05) is 6.08 Å². The predicted molar refractivity (Wildman–Crippen MR) is 39.9 cm³/mol. The van der Waals surface area contributed by atoms with E-state index in [-0.39, 0.29) is 5.54 Å². The second-order valence-electron chi connectivity index (χ2n) is 2.97. The standard InChI is InChI=1S/C6H11NO2S/c1-6(2)4-5-10(8,9)7(6)3/h4-5H,1-3H3. The minimum Gasteiger partial charge on any atom is -0.207 e. The van der Waals surface area contributed by atoms with Crippen molar-refractivity contribution in [3.05, 3.63) is 11.5 Å². The van der Waals surface area contributed by atoms with E-state index in [1.165, 1.54) is 9.71 Å². The molecule has 1 rings (SSSR count). The Morgan fingerprint density at radius 2 is 1.90 bits per heavy atom. The zero-order valence-corrected chi connectivity index (χ0v) is 7.14. The van der Waals surface area contributed by atoms with Gasteiger partial charge in [0.05, 0.1) is 0 Å². The molecule has 0 saturated heterocycles. The van der Waals surface area contributed by atoms with Crippen LogP contribution in [0.1, 0.15) is 13.8 Å². The van der Waals surface area contributed by atoms with E-state index in [4.69, 9.17) is 0 Å². The third-order valence-electron chi connectivity index (χ3n) is 1.84. The van der Waals surface area contributed by atoms with E-state index in [9.17, 15) is 8.42 Å². The smallest absolute Gasteiger partial charge is 0.207 e. The van der Waals surface area contributed by atoms with Crippen molar-refractivity contribution in [2.24, 2.45) is 0 Å². The Labute approximate surface area is 61.4 Å². The molecule has 0 aromatic rings. The Morgan fingerprint density at radius 3 is 2.00 bits per heavy atom. The van der Waals surface area contributed by atoms with Crippen LogP contribution in [0.2, 0.25) is 0 Å². The lowest BCUT2D eigenvalue weighted by atomic mass is 10.1. The summed E-state index contributed by atoms with van der Waals surface area (Å²) in [5.41, 5.74) is -0.348. The quantitative estimate of drug-likeness (QED) is 0.520. The van der Waals surface area contributed by atoms with E-state index in [2.05, 4.69) is 0 Å². The first kappa shape index (κ1) is 7.75. The van der Waals surface area contributed by atoms with Gasteiger partial charge in [0.2, 0.25) is 10.0 Å². The van der Waals surface area contributed by atoms with E-state index >= 15 is 0 Å². The van der Waals surface area contributed by atoms with E-state index < -0.39 is 10.0 Å². The maximum absolute atomic E-state index is 11.0. The van der Waals surface area contributed by atoms with Crippen LogP contribution in [-0.2, 0) is 10.0 Å². The van der Waals surface area contributed by atoms with Gasteiger partial charge < -0.3 is 0 Å². The molecule has 3 nitrogen and oxygen atoms in total. The van der Waals surface area contributed by atoms with Crippen LogP contribution >= 0.6 is 0 Å². The molecule has 0 N–H and O–H groups in total. The molecule has 0 atom stereocenters. The van der Waals surface area contributed by atoms with Gasteiger partial charge >= 0.3 is 0 Å². The van der Waals surface area contributed by atoms with Crippen LogP contribution in [0.3, 0.4) is 0 Å². The first-order valence-electron chi connectivity index (χ1n) is 3.04. The molecule has 0 unspecified atom stereocenters. The van der Waals surface area contributed by atoms with E-state index in [1.54, 1.807) is 13.1 Å². The van der Waals surface area contributed by atoms with E-state index in [0.717, 1.165) is 0 Å². The molecule has 4 heteroatoms. The molecule has 0 radical (unpaired) electrons. The van der Waals surface area contributed by atoms with Crippen LogP contribution in [0, 0.1) is 0 Å². The fourth-order valence-electron chi connectivity index (χ4n) is 0.777. The zero-order chi connectivity index (χ0) is 7.99. The van der Waals surface area contributed by atoms with Gasteiger partial charge in [0.1, 0.15) is 0 Å². The summed E-state index contributed by atoms with van der Waals surface area (Å²) in [6, 6.07) is 0. The average molecular weight is 161 g/mol. The number of hydrogen-bond donors (Lipinski definition) is 0. The van der Waals surface area contributed by atoms with Crippen molar-refractivity contribution in [1.82, 2.24) is 4.31 Å². The summed E-state index contributed by atoms with van der Waals surface area (Å²) in [6.45, 7) is 3.71. The van der Waals surface area contributed by atoms with Crippen LogP contribution in [0.5, 0.6) is 0 Å². The van der Waals surface area contributed by atoms with Gasteiger partial charge in [-0.3, -0.25) is 0 Å². The monoisotopic (exact) mass is 161 g/mol. The summed E-state index contributed by atoms with van der Waals surface area (Å²) >= 11 is 0. The Hall–Kier alpha value is -0.350. The number of hydrogen-bond acceptors (Lipinski definition) is 2. The number of sulfonamides is 1. The second kappa shape index (κ2) is 1.83. The largest absolute Gasteiger partial charge is 0.236 e. The van der Waals surface area contributed by atoms with Gasteiger partial charge in [-0.25, -0.2) is 8.42 Å². The van der Waals surface area contributed by atoms with Crippen LogP contribution in [0.25, 0.3) is 0 Å². The van der Waals surface area contributed by atoms with Crippen molar-refractivity contribution in [2.75, 3.05) is 7.05 Å². The van der Waals surface area contributed by atoms with Gasteiger partial charge in [-0.05, 0) is 13.8 Å². The highest BCUT2D eigenvalue weighted by Crippen LogP contribution is 2.25. The Kier molecular flexibility index (Phi) is 1.42. The highest BCUT2D eigenvalue weighted by molar-refractivity contribution is 7.92. The molecule has 1 aliphatic rings. The molecule has 0 fully saturated rings. The lowest BCUT2D eigenvalue weighted by Gasteiger charge is -2.24. The maximum atomic E-state index is 11.0. The maximum Gasteiger partial charge on any atom is 0.236 e. The fraction of sp³-hybridized carbons (Fsp3) is 0.667. The van der Waals surface area contributed by atoms with Gasteiger partial charge in [0.15, 0.2) is 0 Å². The Bertz CT molecular complexity index is 263. The SMILES string of the molecule is CN1C(C)(C)C=CS1(=O)=O. The first-order chi connectivity index (χ1) is 4.36. The molecule has 10 heavy (non-hydrogen) atoms. The minimum absolute atomic E-state index is 0.348. The Balaban J connectivity index is 3.12. The van der Waals surface area contributed by atoms with Gasteiger partial charge in [-0.2, -0.15) is 4.31 Å². The highest BCUT2D eigenvalue weighted by Gasteiger charge is 2.34. The molecule has 0 spiro atoms. The van der Waals surface area contributed by atoms with Crippen LogP contribution in [0.4, 0.5) is 0 Å². The zero-order valence-electron chi connectivity index (χ0n) is 6.33.